The van der Waals surface area contributed by atoms with Gasteiger partial charge in [-0.3, -0.25) is 34.0 Å². The summed E-state index contributed by atoms with van der Waals surface area (Å²) in [5, 5.41) is 12.1. The number of hydrogen-bond donors (Lipinski definition) is 3. The molecule has 4 atom stereocenters. The summed E-state index contributed by atoms with van der Waals surface area (Å²) in [7, 11) is -3.93. The summed E-state index contributed by atoms with van der Waals surface area (Å²) >= 11 is 0. The fourth-order valence-electron chi connectivity index (χ4n) is 7.35. The maximum absolute atomic E-state index is 14.1. The molecular formula is C39H39N7O8S. The monoisotopic (exact) mass is 765 g/mol. The van der Waals surface area contributed by atoms with E-state index in [2.05, 4.69) is 15.0 Å². The van der Waals surface area contributed by atoms with Gasteiger partial charge in [-0.05, 0) is 61.9 Å². The minimum atomic E-state index is -3.93. The topological polar surface area (TPSA) is 210 Å². The highest BCUT2D eigenvalue weighted by molar-refractivity contribution is 7.90. The smallest absolute Gasteiger partial charge is 0.405 e. The van der Waals surface area contributed by atoms with Gasteiger partial charge < -0.3 is 15.2 Å². The molecule has 0 spiro atoms. The standard InChI is InChI=1S/C39H39N7O8S/c47-33-15-16-35(54-38-36(42-28-10-5-6-11-29(28)43-38)24-17-22-7-1-3-9-27(22)40-20-24)46-32(26(19-34(46)48)37(49)45-55(52,53)25-13-14-25)21-41-31-18-23(31)8-2-4-12-30(33)44-39(50)51/h1,3,5-7,9-11,17,20-21,25-26,30,32,35,44H,2,4,8,12-16,18-19H2,(H,45,49)(H,50,51)/t26-,30-,32-,35+/m0/s1. The number of amides is 3. The minimum Gasteiger partial charge on any atom is -0.465 e. The summed E-state index contributed by atoms with van der Waals surface area (Å²) in [5.74, 6) is -2.84. The number of carbonyl (C=O) groups excluding carboxylic acids is 3. The van der Waals surface area contributed by atoms with Crippen molar-refractivity contribution < 1.29 is 37.4 Å². The Morgan fingerprint density at radius 1 is 0.909 bits per heavy atom. The van der Waals surface area contributed by atoms with Crippen LogP contribution in [0.4, 0.5) is 4.79 Å². The van der Waals surface area contributed by atoms with Gasteiger partial charge in [0.05, 0.1) is 39.8 Å². The number of nitrogens with zero attached hydrogens (tertiary/aromatic N) is 5. The number of carbonyl (C=O) groups is 4. The number of pyridine rings is 1. The SMILES string of the molecule is O=C(O)N[C@H]1CCCCC2=C(C2)N=C[C@H]2[C@@H](C(=O)NS(=O)(=O)C3CC3)CC(=O)N2[C@H](Oc2nc3ccccc3nc2-c2cnc3ccccc3c2)CCC1=O. The van der Waals surface area contributed by atoms with Crippen molar-refractivity contribution in [3.05, 3.63) is 72.1 Å². The molecule has 2 fully saturated rings. The summed E-state index contributed by atoms with van der Waals surface area (Å²) in [6, 6.07) is 14.6. The fourth-order valence-corrected chi connectivity index (χ4v) is 8.70. The first kappa shape index (κ1) is 36.2. The Kier molecular flexibility index (Phi) is 9.75. The van der Waals surface area contributed by atoms with Crippen LogP contribution in [0.1, 0.15) is 64.2 Å². The van der Waals surface area contributed by atoms with E-state index in [1.807, 2.05) is 36.4 Å². The Labute approximate surface area is 316 Å². The Morgan fingerprint density at radius 3 is 2.42 bits per heavy atom. The van der Waals surface area contributed by atoms with Crippen LogP contribution >= 0.6 is 0 Å². The van der Waals surface area contributed by atoms with Gasteiger partial charge in [0.15, 0.2) is 12.0 Å². The fraction of sp³-hybridized carbons (Fsp3) is 0.385. The second-order valence-electron chi connectivity index (χ2n) is 14.4. The van der Waals surface area contributed by atoms with E-state index in [0.29, 0.717) is 60.8 Å². The Hall–Kier alpha value is -5.77. The summed E-state index contributed by atoms with van der Waals surface area (Å²) in [6.07, 6.45) is 3.79. The zero-order valence-corrected chi connectivity index (χ0v) is 30.6. The first-order valence-corrected chi connectivity index (χ1v) is 20.0. The summed E-state index contributed by atoms with van der Waals surface area (Å²) in [4.78, 5) is 73.7. The third kappa shape index (κ3) is 7.90. The molecule has 2 aromatic heterocycles. The molecule has 4 aromatic rings. The lowest BCUT2D eigenvalue weighted by Gasteiger charge is -2.33. The zero-order valence-electron chi connectivity index (χ0n) is 29.8. The van der Waals surface area contributed by atoms with E-state index in [4.69, 9.17) is 19.7 Å². The van der Waals surface area contributed by atoms with Crippen molar-refractivity contribution >= 4 is 61.9 Å². The summed E-state index contributed by atoms with van der Waals surface area (Å²) in [5.41, 5.74) is 4.61. The van der Waals surface area contributed by atoms with Gasteiger partial charge in [-0.25, -0.2) is 23.2 Å². The molecular weight excluding hydrogens is 727 g/mol. The molecule has 0 radical (unpaired) electrons. The molecule has 4 heterocycles. The summed E-state index contributed by atoms with van der Waals surface area (Å²) < 4.78 is 34.7. The Bertz CT molecular complexity index is 2400. The van der Waals surface area contributed by atoms with Crippen LogP contribution in [0.5, 0.6) is 5.88 Å². The molecule has 1 saturated carbocycles. The predicted molar refractivity (Wildman–Crippen MR) is 201 cm³/mol. The molecule has 2 aliphatic carbocycles. The molecule has 2 aliphatic heterocycles. The van der Waals surface area contributed by atoms with Gasteiger partial charge in [0.1, 0.15) is 5.69 Å². The van der Waals surface area contributed by atoms with Crippen LogP contribution in [0.2, 0.25) is 0 Å². The van der Waals surface area contributed by atoms with E-state index < -0.39 is 57.4 Å². The molecule has 0 unspecified atom stereocenters. The number of aromatic nitrogens is 3. The first-order valence-electron chi connectivity index (χ1n) is 18.5. The molecule has 1 saturated heterocycles. The van der Waals surface area contributed by atoms with Crippen LogP contribution in [0, 0.1) is 5.92 Å². The zero-order chi connectivity index (χ0) is 38.3. The Morgan fingerprint density at radius 2 is 1.65 bits per heavy atom. The number of nitrogens with one attached hydrogen (secondary N) is 2. The van der Waals surface area contributed by atoms with E-state index in [1.54, 1.807) is 24.4 Å². The van der Waals surface area contributed by atoms with Crippen LogP contribution in [0.25, 0.3) is 33.2 Å². The lowest BCUT2D eigenvalue weighted by atomic mass is 9.99. The van der Waals surface area contributed by atoms with Crippen molar-refractivity contribution in [3.8, 4) is 17.1 Å². The number of rotatable bonds is 7. The maximum atomic E-state index is 14.1. The molecule has 8 rings (SSSR count). The van der Waals surface area contributed by atoms with Crippen molar-refractivity contribution in [1.82, 2.24) is 29.9 Å². The number of benzene rings is 2. The second kappa shape index (κ2) is 14.8. The quantitative estimate of drug-likeness (QED) is 0.236. The molecule has 4 aliphatic rings. The molecule has 2 aromatic carbocycles. The largest absolute Gasteiger partial charge is 0.465 e. The average molecular weight is 766 g/mol. The number of hydrogen-bond acceptors (Lipinski definition) is 11. The summed E-state index contributed by atoms with van der Waals surface area (Å²) in [6.45, 7) is 0. The number of ether oxygens (including phenoxy) is 1. The predicted octanol–water partition coefficient (Wildman–Crippen LogP) is 4.66. The van der Waals surface area contributed by atoms with Crippen molar-refractivity contribution in [3.63, 3.8) is 0 Å². The van der Waals surface area contributed by atoms with Gasteiger partial charge in [-0.2, -0.15) is 0 Å². The van der Waals surface area contributed by atoms with Crippen molar-refractivity contribution in [1.29, 1.82) is 0 Å². The number of ketones is 1. The van der Waals surface area contributed by atoms with Crippen LogP contribution < -0.4 is 14.8 Å². The van der Waals surface area contributed by atoms with E-state index in [0.717, 1.165) is 28.6 Å². The number of fused-ring (bicyclic) bond motifs is 3. The van der Waals surface area contributed by atoms with Crippen molar-refractivity contribution in [2.24, 2.45) is 10.9 Å². The third-order valence-corrected chi connectivity index (χ3v) is 12.3. The van der Waals surface area contributed by atoms with E-state index in [9.17, 15) is 32.7 Å². The number of para-hydroxylation sites is 3. The molecule has 0 bridgehead atoms. The second-order valence-corrected chi connectivity index (χ2v) is 16.4. The Balaban J connectivity index is 1.22. The van der Waals surface area contributed by atoms with Crippen LogP contribution in [0.3, 0.4) is 0 Å². The molecule has 16 heteroatoms. The molecule has 55 heavy (non-hydrogen) atoms. The van der Waals surface area contributed by atoms with Gasteiger partial charge >= 0.3 is 6.09 Å². The van der Waals surface area contributed by atoms with Gasteiger partial charge in [-0.1, -0.05) is 36.8 Å². The average Bonchev–Trinajstić information content (AvgIpc) is 4.11. The van der Waals surface area contributed by atoms with Gasteiger partial charge in [0.2, 0.25) is 27.7 Å². The number of Topliss-reactive ketones (excluding diaryl/α,β-unsaturated/α-hetero) is 1. The number of sulfonamides is 1. The first-order chi connectivity index (χ1) is 26.5. The van der Waals surface area contributed by atoms with Crippen molar-refractivity contribution in [2.45, 2.75) is 87.8 Å². The highest BCUT2D eigenvalue weighted by Gasteiger charge is 2.49. The van der Waals surface area contributed by atoms with Gasteiger partial charge in [0, 0.05) is 54.7 Å². The van der Waals surface area contributed by atoms with Crippen molar-refractivity contribution in [2.75, 3.05) is 0 Å². The number of aliphatic imine (C=N–C) groups is 1. The number of allylic oxidation sites excluding steroid dienone is 2. The molecule has 15 nitrogen and oxygen atoms in total. The highest BCUT2D eigenvalue weighted by atomic mass is 32.2. The number of carboxylic acid groups (broad SMARTS) is 1. The molecule has 3 N–H and O–H groups in total. The normalized spacial score (nSPS) is 23.5. The van der Waals surface area contributed by atoms with Gasteiger partial charge in [0.25, 0.3) is 0 Å². The van der Waals surface area contributed by atoms with E-state index >= 15 is 0 Å². The van der Waals surface area contributed by atoms with Crippen LogP contribution in [0.15, 0.2) is 77.1 Å². The highest BCUT2D eigenvalue weighted by Crippen LogP contribution is 2.39. The minimum absolute atomic E-state index is 0.0336. The lowest BCUT2D eigenvalue weighted by Crippen LogP contribution is -2.50. The molecule has 284 valence electrons. The van der Waals surface area contributed by atoms with E-state index in [1.165, 1.54) is 11.1 Å². The lowest BCUT2D eigenvalue weighted by molar-refractivity contribution is -0.137. The maximum Gasteiger partial charge on any atom is 0.405 e. The van der Waals surface area contributed by atoms with Crippen LogP contribution in [-0.4, -0.2) is 86.8 Å². The molecule has 3 amide bonds. The van der Waals surface area contributed by atoms with Gasteiger partial charge in [-0.15, -0.1) is 0 Å². The third-order valence-electron chi connectivity index (χ3n) is 10.5. The van der Waals surface area contributed by atoms with Crippen LogP contribution in [-0.2, 0) is 24.4 Å². The van der Waals surface area contributed by atoms with E-state index in [-0.39, 0.29) is 30.9 Å².